The second-order valence-corrected chi connectivity index (χ2v) is 5.93. The molecule has 0 aliphatic carbocycles. The van der Waals surface area contributed by atoms with Crippen LogP contribution in [0.1, 0.15) is 19.4 Å². The molecule has 2 aliphatic rings. The highest BCUT2D eigenvalue weighted by Crippen LogP contribution is 2.23. The zero-order valence-corrected chi connectivity index (χ0v) is 13.1. The van der Waals surface area contributed by atoms with Crippen LogP contribution in [0.2, 0.25) is 0 Å². The summed E-state index contributed by atoms with van der Waals surface area (Å²) in [6, 6.07) is 0. The third kappa shape index (κ3) is 3.27. The van der Waals surface area contributed by atoms with Crippen molar-refractivity contribution >= 4 is 11.8 Å². The van der Waals surface area contributed by atoms with Crippen LogP contribution in [0.5, 0.6) is 0 Å². The normalized spacial score (nSPS) is 27.0. The van der Waals surface area contributed by atoms with Gasteiger partial charge in [-0.25, -0.2) is 4.98 Å². The number of anilines is 2. The lowest BCUT2D eigenvalue weighted by atomic mass is 10.2. The van der Waals surface area contributed by atoms with Gasteiger partial charge in [0.25, 0.3) is 0 Å². The molecule has 3 rings (SSSR count). The van der Waals surface area contributed by atoms with Crippen LogP contribution in [0.25, 0.3) is 0 Å². The van der Waals surface area contributed by atoms with E-state index in [1.54, 1.807) is 0 Å². The fourth-order valence-corrected chi connectivity index (χ4v) is 2.91. The molecule has 6 nitrogen and oxygen atoms in total. The summed E-state index contributed by atoms with van der Waals surface area (Å²) in [6.07, 6.45) is 2.41. The first-order chi connectivity index (χ1) is 10.1. The molecule has 0 bridgehead atoms. The topological polar surface area (TPSA) is 50.7 Å². The van der Waals surface area contributed by atoms with E-state index in [0.717, 1.165) is 56.7 Å². The van der Waals surface area contributed by atoms with Gasteiger partial charge < -0.3 is 19.3 Å². The van der Waals surface area contributed by atoms with Crippen molar-refractivity contribution in [3.63, 3.8) is 0 Å². The first kappa shape index (κ1) is 14.5. The molecule has 0 N–H and O–H groups in total. The van der Waals surface area contributed by atoms with Crippen LogP contribution in [0.3, 0.4) is 0 Å². The van der Waals surface area contributed by atoms with Gasteiger partial charge in [0, 0.05) is 37.9 Å². The van der Waals surface area contributed by atoms with Crippen molar-refractivity contribution in [2.75, 3.05) is 49.2 Å². The van der Waals surface area contributed by atoms with Gasteiger partial charge >= 0.3 is 0 Å². The molecule has 0 saturated carbocycles. The van der Waals surface area contributed by atoms with E-state index < -0.39 is 0 Å². The summed E-state index contributed by atoms with van der Waals surface area (Å²) < 4.78 is 11.2. The maximum absolute atomic E-state index is 5.62. The average Bonchev–Trinajstić information content (AvgIpc) is 2.47. The number of hydrogen-bond acceptors (Lipinski definition) is 6. The van der Waals surface area contributed by atoms with Crippen molar-refractivity contribution in [3.8, 4) is 0 Å². The maximum atomic E-state index is 5.62. The highest BCUT2D eigenvalue weighted by Gasteiger charge is 2.23. The minimum Gasteiger partial charge on any atom is -0.375 e. The molecule has 116 valence electrons. The lowest BCUT2D eigenvalue weighted by molar-refractivity contribution is 0.0521. The van der Waals surface area contributed by atoms with Gasteiger partial charge in [0.15, 0.2) is 0 Å². The average molecular weight is 292 g/mol. The van der Waals surface area contributed by atoms with E-state index in [9.17, 15) is 0 Å². The zero-order chi connectivity index (χ0) is 14.8. The van der Waals surface area contributed by atoms with E-state index in [-0.39, 0.29) is 12.2 Å². The number of aryl methyl sites for hydroxylation is 1. The molecular weight excluding hydrogens is 268 g/mol. The fourth-order valence-electron chi connectivity index (χ4n) is 2.91. The molecule has 2 aliphatic heterocycles. The Kier molecular flexibility index (Phi) is 4.26. The van der Waals surface area contributed by atoms with Crippen LogP contribution in [-0.2, 0) is 9.47 Å². The van der Waals surface area contributed by atoms with Gasteiger partial charge in [0.1, 0.15) is 5.82 Å². The Morgan fingerprint density at radius 2 is 1.67 bits per heavy atom. The second-order valence-electron chi connectivity index (χ2n) is 5.93. The van der Waals surface area contributed by atoms with Crippen molar-refractivity contribution in [2.45, 2.75) is 33.0 Å². The van der Waals surface area contributed by atoms with Gasteiger partial charge in [-0.05, 0) is 20.8 Å². The highest BCUT2D eigenvalue weighted by atomic mass is 16.5. The van der Waals surface area contributed by atoms with E-state index in [0.29, 0.717) is 0 Å². The Hall–Kier alpha value is -1.40. The standard InChI is InChI=1S/C15H24N4O2/c1-11-8-16-15(19-5-7-21-13(3)10-19)17-14(11)18-4-6-20-12(2)9-18/h8,12-13H,4-7,9-10H2,1-3H3. The molecular formula is C15H24N4O2. The van der Waals surface area contributed by atoms with Gasteiger partial charge in [-0.2, -0.15) is 4.98 Å². The number of morpholine rings is 2. The van der Waals surface area contributed by atoms with Crippen LogP contribution >= 0.6 is 0 Å². The molecule has 2 saturated heterocycles. The molecule has 1 aromatic heterocycles. The van der Waals surface area contributed by atoms with Crippen molar-refractivity contribution in [3.05, 3.63) is 11.8 Å². The minimum atomic E-state index is 0.232. The summed E-state index contributed by atoms with van der Waals surface area (Å²) in [7, 11) is 0. The van der Waals surface area contributed by atoms with E-state index in [2.05, 4.69) is 35.6 Å². The van der Waals surface area contributed by atoms with Crippen LogP contribution in [-0.4, -0.2) is 61.6 Å². The van der Waals surface area contributed by atoms with Gasteiger partial charge in [0.05, 0.1) is 25.4 Å². The third-order valence-corrected chi connectivity index (χ3v) is 4.00. The summed E-state index contributed by atoms with van der Waals surface area (Å²) >= 11 is 0. The molecule has 3 heterocycles. The minimum absolute atomic E-state index is 0.232. The number of aromatic nitrogens is 2. The first-order valence-electron chi connectivity index (χ1n) is 7.70. The molecule has 2 fully saturated rings. The van der Waals surface area contributed by atoms with Crippen LogP contribution in [0.15, 0.2) is 6.20 Å². The van der Waals surface area contributed by atoms with Crippen LogP contribution in [0, 0.1) is 6.92 Å². The molecule has 0 amide bonds. The molecule has 21 heavy (non-hydrogen) atoms. The molecule has 0 spiro atoms. The summed E-state index contributed by atoms with van der Waals surface area (Å²) in [4.78, 5) is 13.8. The number of nitrogens with zero attached hydrogens (tertiary/aromatic N) is 4. The van der Waals surface area contributed by atoms with Crippen molar-refractivity contribution in [1.82, 2.24) is 9.97 Å². The Morgan fingerprint density at radius 3 is 2.33 bits per heavy atom. The van der Waals surface area contributed by atoms with E-state index in [4.69, 9.17) is 14.5 Å². The number of ether oxygens (including phenoxy) is 2. The quantitative estimate of drug-likeness (QED) is 0.817. The summed E-state index contributed by atoms with van der Waals surface area (Å²) in [5, 5.41) is 0. The monoisotopic (exact) mass is 292 g/mol. The van der Waals surface area contributed by atoms with Crippen molar-refractivity contribution in [2.24, 2.45) is 0 Å². The summed E-state index contributed by atoms with van der Waals surface area (Å²) in [5.74, 6) is 1.85. The highest BCUT2D eigenvalue weighted by molar-refractivity contribution is 5.50. The molecule has 2 unspecified atom stereocenters. The molecule has 1 aromatic rings. The molecule has 6 heteroatoms. The fraction of sp³-hybridized carbons (Fsp3) is 0.733. The van der Waals surface area contributed by atoms with E-state index in [1.165, 1.54) is 0 Å². The Balaban J connectivity index is 1.82. The van der Waals surface area contributed by atoms with Crippen LogP contribution < -0.4 is 9.80 Å². The molecule has 0 aromatic carbocycles. The van der Waals surface area contributed by atoms with Crippen LogP contribution in [0.4, 0.5) is 11.8 Å². The maximum Gasteiger partial charge on any atom is 0.227 e. The summed E-state index contributed by atoms with van der Waals surface area (Å²) in [5.41, 5.74) is 1.12. The first-order valence-corrected chi connectivity index (χ1v) is 7.70. The lowest BCUT2D eigenvalue weighted by Crippen LogP contribution is -2.43. The second kappa shape index (κ2) is 6.15. The number of rotatable bonds is 2. The predicted molar refractivity (Wildman–Crippen MR) is 82.0 cm³/mol. The molecule has 2 atom stereocenters. The third-order valence-electron chi connectivity index (χ3n) is 4.00. The van der Waals surface area contributed by atoms with E-state index in [1.807, 2.05) is 6.20 Å². The lowest BCUT2D eigenvalue weighted by Gasteiger charge is -2.34. The van der Waals surface area contributed by atoms with Crippen molar-refractivity contribution < 1.29 is 9.47 Å². The Bertz CT molecular complexity index is 497. The largest absolute Gasteiger partial charge is 0.375 e. The Labute approximate surface area is 126 Å². The predicted octanol–water partition coefficient (Wildman–Crippen LogP) is 1.24. The zero-order valence-electron chi connectivity index (χ0n) is 13.1. The number of hydrogen-bond donors (Lipinski definition) is 0. The summed E-state index contributed by atoms with van der Waals surface area (Å²) in [6.45, 7) is 11.2. The van der Waals surface area contributed by atoms with Gasteiger partial charge in [-0.1, -0.05) is 0 Å². The smallest absolute Gasteiger partial charge is 0.227 e. The van der Waals surface area contributed by atoms with Gasteiger partial charge in [-0.3, -0.25) is 0 Å². The van der Waals surface area contributed by atoms with E-state index >= 15 is 0 Å². The van der Waals surface area contributed by atoms with Crippen molar-refractivity contribution in [1.29, 1.82) is 0 Å². The molecule has 0 radical (unpaired) electrons. The Morgan fingerprint density at radius 1 is 1.05 bits per heavy atom. The van der Waals surface area contributed by atoms with Gasteiger partial charge in [0.2, 0.25) is 5.95 Å². The van der Waals surface area contributed by atoms with Gasteiger partial charge in [-0.15, -0.1) is 0 Å². The SMILES string of the molecule is Cc1cnc(N2CCOC(C)C2)nc1N1CCOC(C)C1.